The molecule has 0 spiro atoms. The van der Waals surface area contributed by atoms with E-state index in [1.165, 1.54) is 5.56 Å². The minimum absolute atomic E-state index is 0.199. The molecule has 1 heterocycles. The highest BCUT2D eigenvalue weighted by Gasteiger charge is 2.19. The largest absolute Gasteiger partial charge is 0.493 e. The summed E-state index contributed by atoms with van der Waals surface area (Å²) in [5.74, 6) is 1.42. The van der Waals surface area contributed by atoms with Crippen LogP contribution in [0.1, 0.15) is 38.2 Å². The van der Waals surface area contributed by atoms with E-state index in [1.807, 2.05) is 36.4 Å². The molecule has 0 saturated carbocycles. The number of ether oxygens (including phenoxy) is 2. The van der Waals surface area contributed by atoms with E-state index in [2.05, 4.69) is 24.1 Å². The number of methoxy groups -OCH3 is 2. The van der Waals surface area contributed by atoms with Crippen molar-refractivity contribution in [3.8, 4) is 22.8 Å². The van der Waals surface area contributed by atoms with Crippen molar-refractivity contribution in [1.29, 1.82) is 0 Å². The Morgan fingerprint density at radius 2 is 1.84 bits per heavy atom. The van der Waals surface area contributed by atoms with Gasteiger partial charge in [-0.2, -0.15) is 0 Å². The molecule has 0 bridgehead atoms. The molecular formula is C24H32N4O3. The van der Waals surface area contributed by atoms with Crippen molar-refractivity contribution < 1.29 is 14.3 Å². The number of benzene rings is 2. The number of carbonyl (C=O) groups is 1. The third kappa shape index (κ3) is 4.84. The molecule has 1 aromatic heterocycles. The van der Waals surface area contributed by atoms with Gasteiger partial charge in [0, 0.05) is 22.2 Å². The maximum atomic E-state index is 12.4. The summed E-state index contributed by atoms with van der Waals surface area (Å²) in [5.41, 5.74) is 16.4. The number of anilines is 1. The highest BCUT2D eigenvalue weighted by atomic mass is 16.5. The average Bonchev–Trinajstić information content (AvgIpc) is 3.15. The molecule has 0 aliphatic carbocycles. The molecule has 2 aromatic carbocycles. The van der Waals surface area contributed by atoms with Crippen LogP contribution in [0.3, 0.4) is 0 Å². The maximum absolute atomic E-state index is 12.4. The van der Waals surface area contributed by atoms with E-state index >= 15 is 0 Å². The maximum Gasteiger partial charge on any atom is 0.241 e. The number of H-pyrrole nitrogens is 1. The smallest absolute Gasteiger partial charge is 0.241 e. The SMILES string of the molecule is COc1ccc(-c2[nH]c3ccc(NC(=O)[C@@H](N)CCCN)cc3c2C(C)C)cc1OC. The Balaban J connectivity index is 2.00. The first-order chi connectivity index (χ1) is 14.9. The molecule has 1 atom stereocenters. The van der Waals surface area contributed by atoms with Gasteiger partial charge in [0.25, 0.3) is 0 Å². The molecule has 1 amide bonds. The van der Waals surface area contributed by atoms with Gasteiger partial charge in [-0.3, -0.25) is 4.79 Å². The summed E-state index contributed by atoms with van der Waals surface area (Å²) in [6.07, 6.45) is 1.28. The summed E-state index contributed by atoms with van der Waals surface area (Å²) < 4.78 is 10.8. The van der Waals surface area contributed by atoms with Crippen LogP contribution in [0.15, 0.2) is 36.4 Å². The Bertz CT molecular complexity index is 1060. The zero-order valence-electron chi connectivity index (χ0n) is 18.6. The predicted octanol–water partition coefficient (Wildman–Crippen LogP) is 3.98. The van der Waals surface area contributed by atoms with Crippen molar-refractivity contribution >= 4 is 22.5 Å². The lowest BCUT2D eigenvalue weighted by Gasteiger charge is -2.13. The number of hydrogen-bond donors (Lipinski definition) is 4. The van der Waals surface area contributed by atoms with Crippen LogP contribution in [0.4, 0.5) is 5.69 Å². The van der Waals surface area contributed by atoms with Crippen LogP contribution in [-0.4, -0.2) is 37.7 Å². The predicted molar refractivity (Wildman–Crippen MR) is 126 cm³/mol. The van der Waals surface area contributed by atoms with Gasteiger partial charge in [0.15, 0.2) is 11.5 Å². The Morgan fingerprint density at radius 1 is 1.10 bits per heavy atom. The number of nitrogens with one attached hydrogen (secondary N) is 2. The minimum atomic E-state index is -0.572. The molecule has 0 aliphatic rings. The fourth-order valence-electron chi connectivity index (χ4n) is 3.81. The van der Waals surface area contributed by atoms with Gasteiger partial charge < -0.3 is 31.2 Å². The number of nitrogens with two attached hydrogens (primary N) is 2. The Hall–Kier alpha value is -3.03. The number of hydrogen-bond acceptors (Lipinski definition) is 5. The van der Waals surface area contributed by atoms with Crippen LogP contribution in [-0.2, 0) is 4.79 Å². The molecule has 3 rings (SSSR count). The zero-order chi connectivity index (χ0) is 22.5. The van der Waals surface area contributed by atoms with Crippen LogP contribution < -0.4 is 26.3 Å². The van der Waals surface area contributed by atoms with Crippen molar-refractivity contribution in [2.24, 2.45) is 11.5 Å². The molecule has 31 heavy (non-hydrogen) atoms. The first-order valence-corrected chi connectivity index (χ1v) is 10.5. The van der Waals surface area contributed by atoms with Crippen LogP contribution in [0.2, 0.25) is 0 Å². The molecule has 0 aliphatic heterocycles. The Kier molecular flexibility index (Phi) is 7.20. The van der Waals surface area contributed by atoms with Crippen LogP contribution >= 0.6 is 0 Å². The van der Waals surface area contributed by atoms with E-state index in [1.54, 1.807) is 14.2 Å². The van der Waals surface area contributed by atoms with Crippen molar-refractivity contribution in [2.75, 3.05) is 26.1 Å². The van der Waals surface area contributed by atoms with Crippen molar-refractivity contribution in [3.05, 3.63) is 42.0 Å². The third-order valence-electron chi connectivity index (χ3n) is 5.41. The van der Waals surface area contributed by atoms with Gasteiger partial charge >= 0.3 is 0 Å². The Morgan fingerprint density at radius 3 is 2.48 bits per heavy atom. The lowest BCUT2D eigenvalue weighted by atomic mass is 9.95. The second-order valence-electron chi connectivity index (χ2n) is 7.93. The lowest BCUT2D eigenvalue weighted by molar-refractivity contribution is -0.117. The molecule has 0 saturated heterocycles. The second-order valence-corrected chi connectivity index (χ2v) is 7.93. The number of amides is 1. The van der Waals surface area contributed by atoms with Crippen molar-refractivity contribution in [3.63, 3.8) is 0 Å². The highest BCUT2D eigenvalue weighted by Crippen LogP contribution is 2.39. The quantitative estimate of drug-likeness (QED) is 0.415. The minimum Gasteiger partial charge on any atom is -0.493 e. The monoisotopic (exact) mass is 424 g/mol. The topological polar surface area (TPSA) is 115 Å². The molecule has 3 aromatic rings. The molecule has 0 radical (unpaired) electrons. The molecule has 7 nitrogen and oxygen atoms in total. The summed E-state index contributed by atoms with van der Waals surface area (Å²) in [6.45, 7) is 4.83. The standard InChI is InChI=1S/C24H32N4O3/c1-14(2)22-17-13-16(27-24(29)18(26)6-5-11-25)8-9-19(17)28-23(22)15-7-10-20(30-3)21(12-15)31-4/h7-10,12-14,18,28H,5-6,11,25-26H2,1-4H3,(H,27,29)/t18-/m0/s1. The molecule has 0 unspecified atom stereocenters. The summed E-state index contributed by atoms with van der Waals surface area (Å²) in [5, 5.41) is 4.00. The summed E-state index contributed by atoms with van der Waals surface area (Å²) in [6, 6.07) is 11.2. The normalized spacial score (nSPS) is 12.2. The highest BCUT2D eigenvalue weighted by molar-refractivity contribution is 5.99. The van der Waals surface area contributed by atoms with Gasteiger partial charge in [0.2, 0.25) is 5.91 Å². The van der Waals surface area contributed by atoms with E-state index < -0.39 is 6.04 Å². The summed E-state index contributed by atoms with van der Waals surface area (Å²) >= 11 is 0. The van der Waals surface area contributed by atoms with E-state index in [-0.39, 0.29) is 11.8 Å². The van der Waals surface area contributed by atoms with Gasteiger partial charge in [-0.05, 0) is 67.3 Å². The summed E-state index contributed by atoms with van der Waals surface area (Å²) in [7, 11) is 3.25. The number of rotatable bonds is 9. The first kappa shape index (κ1) is 22.7. The van der Waals surface area contributed by atoms with Crippen LogP contribution in [0.5, 0.6) is 11.5 Å². The molecule has 6 N–H and O–H groups in total. The number of aromatic nitrogens is 1. The van der Waals surface area contributed by atoms with E-state index in [9.17, 15) is 4.79 Å². The fraction of sp³-hybridized carbons (Fsp3) is 0.375. The van der Waals surface area contributed by atoms with Gasteiger partial charge in [0.1, 0.15) is 0 Å². The van der Waals surface area contributed by atoms with Crippen molar-refractivity contribution in [2.45, 2.75) is 38.6 Å². The average molecular weight is 425 g/mol. The van der Waals surface area contributed by atoms with Gasteiger partial charge in [-0.25, -0.2) is 0 Å². The van der Waals surface area contributed by atoms with Crippen molar-refractivity contribution in [1.82, 2.24) is 4.98 Å². The number of carbonyl (C=O) groups excluding carboxylic acids is 1. The molecule has 7 heteroatoms. The fourth-order valence-corrected chi connectivity index (χ4v) is 3.81. The van der Waals surface area contributed by atoms with Gasteiger partial charge in [-0.1, -0.05) is 13.8 Å². The second kappa shape index (κ2) is 9.85. The van der Waals surface area contributed by atoms with Crippen LogP contribution in [0, 0.1) is 0 Å². The van der Waals surface area contributed by atoms with E-state index in [0.29, 0.717) is 24.5 Å². The zero-order valence-corrected chi connectivity index (χ0v) is 18.6. The van der Waals surface area contributed by atoms with E-state index in [4.69, 9.17) is 20.9 Å². The molecule has 0 fully saturated rings. The lowest BCUT2D eigenvalue weighted by Crippen LogP contribution is -2.35. The van der Waals surface area contributed by atoms with E-state index in [0.717, 1.165) is 34.3 Å². The molecule has 166 valence electrons. The first-order valence-electron chi connectivity index (χ1n) is 10.5. The number of fused-ring (bicyclic) bond motifs is 1. The summed E-state index contributed by atoms with van der Waals surface area (Å²) in [4.78, 5) is 16.0. The number of aromatic amines is 1. The Labute approximate surface area is 183 Å². The van der Waals surface area contributed by atoms with Gasteiger partial charge in [0.05, 0.1) is 26.0 Å². The van der Waals surface area contributed by atoms with Gasteiger partial charge in [-0.15, -0.1) is 0 Å². The third-order valence-corrected chi connectivity index (χ3v) is 5.41. The van der Waals surface area contributed by atoms with Crippen LogP contribution in [0.25, 0.3) is 22.2 Å². The molecular weight excluding hydrogens is 392 g/mol.